The van der Waals surface area contributed by atoms with E-state index >= 15 is 0 Å². The van der Waals surface area contributed by atoms with Crippen LogP contribution in [0.2, 0.25) is 13.1 Å². The number of rotatable bonds is 4. The van der Waals surface area contributed by atoms with Crippen LogP contribution in [0.4, 0.5) is 5.69 Å². The van der Waals surface area contributed by atoms with Crippen molar-refractivity contribution >= 4 is 20.6 Å². The summed E-state index contributed by atoms with van der Waals surface area (Å²) < 4.78 is 6.02. The van der Waals surface area contributed by atoms with E-state index in [-0.39, 0.29) is 0 Å². The molecule has 2 aromatic rings. The molecule has 0 unspecified atom stereocenters. The minimum atomic E-state index is -0.810. The van der Waals surface area contributed by atoms with Crippen LogP contribution in [0.1, 0.15) is 18.4 Å². The van der Waals surface area contributed by atoms with Crippen molar-refractivity contribution in [2.75, 3.05) is 13.1 Å². The first-order valence-corrected chi connectivity index (χ1v) is 10.6. The number of amidine groups is 1. The largest absolute Gasteiger partial charge is 0.541 e. The lowest BCUT2D eigenvalue weighted by atomic mass is 10.2. The van der Waals surface area contributed by atoms with Crippen LogP contribution in [0.3, 0.4) is 0 Å². The van der Waals surface area contributed by atoms with Crippen LogP contribution in [0, 0.1) is 0 Å². The van der Waals surface area contributed by atoms with Gasteiger partial charge in [-0.15, -0.1) is 0 Å². The summed E-state index contributed by atoms with van der Waals surface area (Å²) in [5, 5.41) is 0. The van der Waals surface area contributed by atoms with Crippen molar-refractivity contribution in [3.8, 4) is 5.75 Å². The average Bonchev–Trinajstić information content (AvgIpc) is 3.08. The van der Waals surface area contributed by atoms with Gasteiger partial charge in [0, 0.05) is 18.7 Å². The molecule has 0 atom stereocenters. The summed E-state index contributed by atoms with van der Waals surface area (Å²) in [7, 11) is -0.810. The molecule has 1 aliphatic heterocycles. The summed E-state index contributed by atoms with van der Waals surface area (Å²) in [5.41, 5.74) is 2.09. The second-order valence-corrected chi connectivity index (χ2v) is 7.99. The summed E-state index contributed by atoms with van der Waals surface area (Å²) in [6, 6.07) is 18.6. The van der Waals surface area contributed by atoms with Gasteiger partial charge in [0.05, 0.1) is 0 Å². The zero-order chi connectivity index (χ0) is 16.1. The molecule has 1 saturated heterocycles. The Balaban J connectivity index is 2.01. The molecular weight excluding hydrogens is 300 g/mol. The van der Waals surface area contributed by atoms with Crippen LogP contribution < -0.4 is 4.43 Å². The second-order valence-electron chi connectivity index (χ2n) is 5.97. The fourth-order valence-electron chi connectivity index (χ4n) is 2.80. The van der Waals surface area contributed by atoms with Gasteiger partial charge in [0.15, 0.2) is 0 Å². The number of para-hydroxylation sites is 2. The van der Waals surface area contributed by atoms with Gasteiger partial charge in [-0.25, -0.2) is 4.99 Å². The first-order valence-electron chi connectivity index (χ1n) is 8.20. The van der Waals surface area contributed by atoms with Crippen molar-refractivity contribution in [3.05, 3.63) is 60.2 Å². The Kier molecular flexibility index (Phi) is 5.13. The van der Waals surface area contributed by atoms with Crippen LogP contribution in [0.5, 0.6) is 5.75 Å². The van der Waals surface area contributed by atoms with E-state index in [0.29, 0.717) is 0 Å². The number of aliphatic imine (C=N–C) groups is 1. The predicted octanol–water partition coefficient (Wildman–Crippen LogP) is 4.49. The van der Waals surface area contributed by atoms with Crippen molar-refractivity contribution in [2.24, 2.45) is 4.99 Å². The highest BCUT2D eigenvalue weighted by molar-refractivity contribution is 6.49. The van der Waals surface area contributed by atoms with Crippen LogP contribution in [-0.4, -0.2) is 32.9 Å². The monoisotopic (exact) mass is 323 g/mol. The Labute approximate surface area is 140 Å². The highest BCUT2D eigenvalue weighted by atomic mass is 28.3. The Morgan fingerprint density at radius 2 is 1.61 bits per heavy atom. The van der Waals surface area contributed by atoms with Crippen molar-refractivity contribution in [3.63, 3.8) is 0 Å². The Bertz CT molecular complexity index is 664. The van der Waals surface area contributed by atoms with Crippen LogP contribution in [0.15, 0.2) is 59.6 Å². The Morgan fingerprint density at radius 1 is 0.957 bits per heavy atom. The van der Waals surface area contributed by atoms with E-state index in [0.717, 1.165) is 30.4 Å². The summed E-state index contributed by atoms with van der Waals surface area (Å²) >= 11 is 0. The molecule has 0 spiro atoms. The fraction of sp³-hybridized carbons (Fsp3) is 0.316. The molecule has 1 heterocycles. The van der Waals surface area contributed by atoms with E-state index in [2.05, 4.69) is 42.3 Å². The quantitative estimate of drug-likeness (QED) is 0.470. The number of hydrogen-bond donors (Lipinski definition) is 0. The van der Waals surface area contributed by atoms with Gasteiger partial charge in [-0.2, -0.15) is 0 Å². The highest BCUT2D eigenvalue weighted by Gasteiger charge is 2.18. The van der Waals surface area contributed by atoms with E-state index in [1.54, 1.807) is 0 Å². The molecule has 3 nitrogen and oxygen atoms in total. The van der Waals surface area contributed by atoms with E-state index in [4.69, 9.17) is 9.42 Å². The van der Waals surface area contributed by atoms with Gasteiger partial charge >= 0.3 is 0 Å². The third kappa shape index (κ3) is 4.02. The van der Waals surface area contributed by atoms with Crippen molar-refractivity contribution < 1.29 is 4.43 Å². The number of nitrogens with zero attached hydrogens (tertiary/aromatic N) is 2. The minimum absolute atomic E-state index is 0.810. The van der Waals surface area contributed by atoms with Gasteiger partial charge in [-0.3, -0.25) is 0 Å². The molecule has 0 N–H and O–H groups in total. The van der Waals surface area contributed by atoms with E-state index < -0.39 is 9.04 Å². The third-order valence-corrected chi connectivity index (χ3v) is 4.47. The lowest BCUT2D eigenvalue weighted by molar-refractivity contribution is 0.520. The summed E-state index contributed by atoms with van der Waals surface area (Å²) in [6.07, 6.45) is 2.47. The van der Waals surface area contributed by atoms with Crippen molar-refractivity contribution in [1.29, 1.82) is 0 Å². The Morgan fingerprint density at radius 3 is 2.30 bits per heavy atom. The van der Waals surface area contributed by atoms with Crippen LogP contribution in [-0.2, 0) is 0 Å². The van der Waals surface area contributed by atoms with Crippen molar-refractivity contribution in [1.82, 2.24) is 4.90 Å². The third-order valence-electron chi connectivity index (χ3n) is 3.84. The Hall–Kier alpha value is -2.07. The predicted molar refractivity (Wildman–Crippen MR) is 98.0 cm³/mol. The first-order chi connectivity index (χ1) is 11.2. The van der Waals surface area contributed by atoms with Gasteiger partial charge in [0.25, 0.3) is 9.04 Å². The molecule has 1 radical (unpaired) electrons. The molecule has 4 heteroatoms. The minimum Gasteiger partial charge on any atom is -0.541 e. The van der Waals surface area contributed by atoms with Gasteiger partial charge in [0.2, 0.25) is 0 Å². The van der Waals surface area contributed by atoms with E-state index in [1.165, 1.54) is 18.4 Å². The average molecular weight is 323 g/mol. The van der Waals surface area contributed by atoms with Gasteiger partial charge in [-0.05, 0) is 38.1 Å². The molecule has 0 saturated carbocycles. The lowest BCUT2D eigenvalue weighted by Gasteiger charge is -2.21. The van der Waals surface area contributed by atoms with Gasteiger partial charge in [-0.1, -0.05) is 42.5 Å². The first kappa shape index (κ1) is 15.8. The van der Waals surface area contributed by atoms with Crippen molar-refractivity contribution in [2.45, 2.75) is 25.9 Å². The van der Waals surface area contributed by atoms with Crippen LogP contribution in [0.25, 0.3) is 0 Å². The maximum atomic E-state index is 6.02. The van der Waals surface area contributed by atoms with Gasteiger partial charge < -0.3 is 9.33 Å². The SMILES string of the molecule is C[Si](C)Oc1ccccc1N=C(c1ccccc1)N1CCCC1. The number of hydrogen-bond acceptors (Lipinski definition) is 2. The standard InChI is InChI=1S/C19H23N2OSi/c1-23(2)22-18-13-7-6-12-17(18)20-19(21-14-8-9-15-21)16-10-4-3-5-11-16/h3-7,10-13H,8-9,14-15H2,1-2H3. The molecule has 0 bridgehead atoms. The topological polar surface area (TPSA) is 24.8 Å². The second kappa shape index (κ2) is 7.46. The van der Waals surface area contributed by atoms with E-state index in [1.807, 2.05) is 30.3 Å². The maximum absolute atomic E-state index is 6.02. The smallest absolute Gasteiger partial charge is 0.274 e. The molecule has 1 fully saturated rings. The number of benzene rings is 2. The molecule has 0 amide bonds. The lowest BCUT2D eigenvalue weighted by Crippen LogP contribution is -2.28. The van der Waals surface area contributed by atoms with Gasteiger partial charge in [0.1, 0.15) is 17.3 Å². The molecule has 0 aliphatic carbocycles. The molecular formula is C19H23N2OSi. The molecule has 23 heavy (non-hydrogen) atoms. The molecule has 119 valence electrons. The molecule has 3 rings (SSSR count). The summed E-state index contributed by atoms with van der Waals surface area (Å²) in [6.45, 7) is 6.44. The highest BCUT2D eigenvalue weighted by Crippen LogP contribution is 2.29. The summed E-state index contributed by atoms with van der Waals surface area (Å²) in [4.78, 5) is 7.38. The fourth-order valence-corrected chi connectivity index (χ4v) is 3.42. The molecule has 1 aliphatic rings. The van der Waals surface area contributed by atoms with Crippen LogP contribution >= 0.6 is 0 Å². The number of likely N-dealkylation sites (tertiary alicyclic amines) is 1. The summed E-state index contributed by atoms with van der Waals surface area (Å²) in [5.74, 6) is 1.94. The zero-order valence-corrected chi connectivity index (χ0v) is 14.8. The normalized spacial score (nSPS) is 15.3. The maximum Gasteiger partial charge on any atom is 0.274 e. The molecule has 0 aromatic heterocycles. The zero-order valence-electron chi connectivity index (χ0n) is 13.8. The van der Waals surface area contributed by atoms with E-state index in [9.17, 15) is 0 Å². The molecule has 2 aromatic carbocycles.